The highest BCUT2D eigenvalue weighted by atomic mass is 79.9. The van der Waals surface area contributed by atoms with Crippen molar-refractivity contribution in [2.45, 2.75) is 10.1 Å². The van der Waals surface area contributed by atoms with Gasteiger partial charge in [-0.1, -0.05) is 42.1 Å². The maximum Gasteiger partial charge on any atom is 0.177 e. The van der Waals surface area contributed by atoms with Crippen molar-refractivity contribution < 1.29 is 0 Å². The van der Waals surface area contributed by atoms with Crippen molar-refractivity contribution >= 4 is 27.7 Å². The summed E-state index contributed by atoms with van der Waals surface area (Å²) in [4.78, 5) is 5.59. The number of hydrogen-bond acceptors (Lipinski definition) is 2. The van der Waals surface area contributed by atoms with Crippen molar-refractivity contribution in [3.05, 3.63) is 71.5 Å². The molecule has 0 atom stereocenters. The molecule has 0 amide bonds. The second-order valence-corrected chi connectivity index (χ2v) is 5.81. The van der Waals surface area contributed by atoms with E-state index in [-0.39, 0.29) is 0 Å². The summed E-state index contributed by atoms with van der Waals surface area (Å²) < 4.78 is 3.17. The van der Waals surface area contributed by atoms with E-state index in [0.29, 0.717) is 0 Å². The maximum atomic E-state index is 4.43. The Bertz CT molecular complexity index is 679. The molecule has 2 aromatic carbocycles. The van der Waals surface area contributed by atoms with E-state index in [1.165, 1.54) is 0 Å². The lowest BCUT2D eigenvalue weighted by Crippen LogP contribution is -1.94. The molecule has 0 saturated heterocycles. The third-order valence-electron chi connectivity index (χ3n) is 2.68. The van der Waals surface area contributed by atoms with Crippen LogP contribution in [0.25, 0.3) is 5.69 Å². The van der Waals surface area contributed by atoms with Crippen molar-refractivity contribution in [1.82, 2.24) is 9.55 Å². The van der Waals surface area contributed by atoms with Crippen molar-refractivity contribution in [2.24, 2.45) is 0 Å². The summed E-state index contributed by atoms with van der Waals surface area (Å²) in [6.07, 6.45) is 3.81. The number of halogens is 1. The zero-order valence-corrected chi connectivity index (χ0v) is 12.4. The first-order valence-electron chi connectivity index (χ1n) is 5.86. The smallest absolute Gasteiger partial charge is 0.177 e. The van der Waals surface area contributed by atoms with Gasteiger partial charge in [-0.25, -0.2) is 4.98 Å². The molecule has 0 unspecified atom stereocenters. The Hall–Kier alpha value is -1.52. The van der Waals surface area contributed by atoms with E-state index in [1.807, 2.05) is 48.8 Å². The van der Waals surface area contributed by atoms with Crippen LogP contribution < -0.4 is 0 Å². The van der Waals surface area contributed by atoms with Crippen LogP contribution in [0, 0.1) is 0 Å². The van der Waals surface area contributed by atoms with Crippen LogP contribution in [0.15, 0.2) is 81.5 Å². The first-order valence-corrected chi connectivity index (χ1v) is 7.47. The van der Waals surface area contributed by atoms with Crippen LogP contribution in [0.3, 0.4) is 0 Å². The third-order valence-corrected chi connectivity index (χ3v) is 4.69. The van der Waals surface area contributed by atoms with E-state index in [1.54, 1.807) is 11.8 Å². The van der Waals surface area contributed by atoms with Gasteiger partial charge in [0.05, 0.1) is 0 Å². The Labute approximate surface area is 124 Å². The summed E-state index contributed by atoms with van der Waals surface area (Å²) in [7, 11) is 0. The molecule has 0 radical (unpaired) electrons. The summed E-state index contributed by atoms with van der Waals surface area (Å²) >= 11 is 5.21. The molecule has 0 aliphatic heterocycles. The Balaban J connectivity index is 1.96. The minimum Gasteiger partial charge on any atom is -0.295 e. The maximum absolute atomic E-state index is 4.43. The number of nitrogens with zero attached hydrogens (tertiary/aromatic N) is 2. The van der Waals surface area contributed by atoms with Gasteiger partial charge in [-0.15, -0.1) is 0 Å². The fourth-order valence-corrected chi connectivity index (χ4v) is 3.19. The molecule has 19 heavy (non-hydrogen) atoms. The Morgan fingerprint density at radius 2 is 1.68 bits per heavy atom. The summed E-state index contributed by atoms with van der Waals surface area (Å²) in [5, 5.41) is 0.957. The number of rotatable bonds is 3. The molecule has 2 nitrogen and oxygen atoms in total. The molecular formula is C15H11BrN2S. The van der Waals surface area contributed by atoms with E-state index in [9.17, 15) is 0 Å². The number of para-hydroxylation sites is 1. The lowest BCUT2D eigenvalue weighted by atomic mass is 10.3. The summed E-state index contributed by atoms with van der Waals surface area (Å²) in [6, 6.07) is 18.4. The van der Waals surface area contributed by atoms with Gasteiger partial charge >= 0.3 is 0 Å². The second-order valence-electron chi connectivity index (χ2n) is 3.95. The predicted octanol–water partition coefficient (Wildman–Crippen LogP) is 4.79. The van der Waals surface area contributed by atoms with E-state index in [2.05, 4.69) is 43.7 Å². The van der Waals surface area contributed by atoms with Gasteiger partial charge in [-0.2, -0.15) is 0 Å². The largest absolute Gasteiger partial charge is 0.295 e. The van der Waals surface area contributed by atoms with E-state index < -0.39 is 0 Å². The molecule has 0 N–H and O–H groups in total. The molecule has 1 heterocycles. The number of benzene rings is 2. The van der Waals surface area contributed by atoms with Crippen molar-refractivity contribution in [1.29, 1.82) is 0 Å². The van der Waals surface area contributed by atoms with Crippen LogP contribution in [-0.4, -0.2) is 9.55 Å². The molecule has 0 aliphatic rings. The fraction of sp³-hybridized carbons (Fsp3) is 0. The van der Waals surface area contributed by atoms with E-state index >= 15 is 0 Å². The van der Waals surface area contributed by atoms with E-state index in [0.717, 1.165) is 20.2 Å². The van der Waals surface area contributed by atoms with Crippen molar-refractivity contribution in [3.8, 4) is 5.69 Å². The number of aromatic nitrogens is 2. The molecule has 0 saturated carbocycles. The molecular weight excluding hydrogens is 320 g/mol. The van der Waals surface area contributed by atoms with E-state index in [4.69, 9.17) is 0 Å². The molecule has 4 heteroatoms. The van der Waals surface area contributed by atoms with Crippen LogP contribution in [0.4, 0.5) is 0 Å². The molecule has 94 valence electrons. The van der Waals surface area contributed by atoms with Crippen molar-refractivity contribution in [3.63, 3.8) is 0 Å². The summed E-state index contributed by atoms with van der Waals surface area (Å²) in [5.41, 5.74) is 1.12. The lowest BCUT2D eigenvalue weighted by molar-refractivity contribution is 0.895. The first-order chi connectivity index (χ1) is 9.34. The summed E-state index contributed by atoms with van der Waals surface area (Å²) in [6.45, 7) is 0. The second kappa shape index (κ2) is 5.63. The van der Waals surface area contributed by atoms with Crippen LogP contribution >= 0.6 is 27.7 Å². The molecule has 0 bridgehead atoms. The van der Waals surface area contributed by atoms with Crippen LogP contribution in [0.1, 0.15) is 0 Å². The predicted molar refractivity (Wildman–Crippen MR) is 81.8 cm³/mol. The van der Waals surface area contributed by atoms with Crippen LogP contribution in [-0.2, 0) is 0 Å². The van der Waals surface area contributed by atoms with Crippen LogP contribution in [0.2, 0.25) is 0 Å². The van der Waals surface area contributed by atoms with Gasteiger partial charge < -0.3 is 0 Å². The third kappa shape index (κ3) is 2.74. The van der Waals surface area contributed by atoms with Gasteiger partial charge in [0, 0.05) is 27.4 Å². The molecule has 1 aromatic heterocycles. The average Bonchev–Trinajstić information content (AvgIpc) is 2.91. The molecule has 0 spiro atoms. The van der Waals surface area contributed by atoms with Crippen LogP contribution in [0.5, 0.6) is 0 Å². The Morgan fingerprint density at radius 1 is 0.947 bits per heavy atom. The number of hydrogen-bond donors (Lipinski definition) is 0. The normalized spacial score (nSPS) is 10.6. The zero-order valence-electron chi connectivity index (χ0n) is 10.0. The lowest BCUT2D eigenvalue weighted by Gasteiger charge is -2.08. The molecule has 3 aromatic rings. The zero-order chi connectivity index (χ0) is 13.1. The monoisotopic (exact) mass is 330 g/mol. The highest BCUT2D eigenvalue weighted by molar-refractivity contribution is 9.10. The Kier molecular flexibility index (Phi) is 3.71. The highest BCUT2D eigenvalue weighted by Gasteiger charge is 2.08. The van der Waals surface area contributed by atoms with Crippen molar-refractivity contribution in [2.75, 3.05) is 0 Å². The van der Waals surface area contributed by atoms with Gasteiger partial charge in [0.2, 0.25) is 0 Å². The fourth-order valence-electron chi connectivity index (χ4n) is 1.78. The van der Waals surface area contributed by atoms with Gasteiger partial charge in [0.15, 0.2) is 5.16 Å². The quantitative estimate of drug-likeness (QED) is 0.687. The minimum atomic E-state index is 0.957. The average molecular weight is 331 g/mol. The SMILES string of the molecule is Brc1ccccc1Sc1nccn1-c1ccccc1. The summed E-state index contributed by atoms with van der Waals surface area (Å²) in [5.74, 6) is 0. The first kappa shape index (κ1) is 12.5. The molecule has 0 fully saturated rings. The Morgan fingerprint density at radius 3 is 2.47 bits per heavy atom. The van der Waals surface area contributed by atoms with Gasteiger partial charge in [-0.3, -0.25) is 4.57 Å². The topological polar surface area (TPSA) is 17.8 Å². The minimum absolute atomic E-state index is 0.957. The number of imidazole rings is 1. The molecule has 0 aliphatic carbocycles. The van der Waals surface area contributed by atoms with Gasteiger partial charge in [0.25, 0.3) is 0 Å². The van der Waals surface area contributed by atoms with Gasteiger partial charge in [0.1, 0.15) is 0 Å². The standard InChI is InChI=1S/C15H11BrN2S/c16-13-8-4-5-9-14(13)19-15-17-10-11-18(15)12-6-2-1-3-7-12/h1-11H. The highest BCUT2D eigenvalue weighted by Crippen LogP contribution is 2.33. The van der Waals surface area contributed by atoms with Gasteiger partial charge in [-0.05, 0) is 40.2 Å². The molecule has 3 rings (SSSR count).